The van der Waals surface area contributed by atoms with Crippen LogP contribution in [0.3, 0.4) is 0 Å². The van der Waals surface area contributed by atoms with Crippen molar-refractivity contribution in [3.8, 4) is 11.5 Å². The molecular weight excluding hydrogens is 406 g/mol. The predicted octanol–water partition coefficient (Wildman–Crippen LogP) is 2.13. The summed E-state index contributed by atoms with van der Waals surface area (Å²) in [4.78, 5) is 12.0. The second-order valence-corrected chi connectivity index (χ2v) is 8.04. The first-order chi connectivity index (χ1) is 13.3. The first-order valence-electron chi connectivity index (χ1n) is 8.04. The summed E-state index contributed by atoms with van der Waals surface area (Å²) in [6.45, 7) is -0.420. The summed E-state index contributed by atoms with van der Waals surface area (Å²) < 4.78 is 36.5. The summed E-state index contributed by atoms with van der Waals surface area (Å²) in [7, 11) is 0.239. The Balaban J connectivity index is 2.05. The minimum atomic E-state index is -3.91. The van der Waals surface area contributed by atoms with Gasteiger partial charge in [-0.1, -0.05) is 29.8 Å². The number of carbonyl (C=O) groups excluding carboxylic acids is 1. The van der Waals surface area contributed by atoms with E-state index in [9.17, 15) is 13.2 Å². The second-order valence-electron chi connectivity index (χ2n) is 5.59. The molecule has 10 heteroatoms. The third-order valence-electron chi connectivity index (χ3n) is 3.73. The van der Waals surface area contributed by atoms with Crippen molar-refractivity contribution in [1.29, 1.82) is 0 Å². The van der Waals surface area contributed by atoms with Gasteiger partial charge in [-0.3, -0.25) is 4.79 Å². The molecule has 0 unspecified atom stereocenters. The highest BCUT2D eigenvalue weighted by molar-refractivity contribution is 7.89. The average Bonchev–Trinajstić information content (AvgIpc) is 2.68. The number of rotatable bonds is 8. The van der Waals surface area contributed by atoms with E-state index in [4.69, 9.17) is 21.1 Å². The van der Waals surface area contributed by atoms with E-state index in [-0.39, 0.29) is 10.6 Å². The molecule has 0 spiro atoms. The Hall–Kier alpha value is -2.62. The van der Waals surface area contributed by atoms with Gasteiger partial charge in [0.25, 0.3) is 5.91 Å². The number of hydrazone groups is 1. The highest BCUT2D eigenvalue weighted by Crippen LogP contribution is 2.30. The van der Waals surface area contributed by atoms with Gasteiger partial charge in [0.15, 0.2) is 11.5 Å². The number of carbonyl (C=O) groups is 1. The lowest BCUT2D eigenvalue weighted by molar-refractivity contribution is -0.121. The smallest absolute Gasteiger partial charge is 0.255 e. The van der Waals surface area contributed by atoms with Crippen LogP contribution in [-0.4, -0.2) is 52.7 Å². The number of halogens is 1. The fraction of sp³-hybridized carbons (Fsp3) is 0.222. The normalized spacial score (nSPS) is 11.6. The van der Waals surface area contributed by atoms with E-state index in [0.717, 1.165) is 4.31 Å². The van der Waals surface area contributed by atoms with Crippen LogP contribution in [0.4, 0.5) is 0 Å². The Morgan fingerprint density at radius 1 is 1.18 bits per heavy atom. The zero-order chi connectivity index (χ0) is 20.7. The topological polar surface area (TPSA) is 97.3 Å². The number of methoxy groups -OCH3 is 2. The van der Waals surface area contributed by atoms with Crippen molar-refractivity contribution < 1.29 is 22.7 Å². The minimum Gasteiger partial charge on any atom is -0.493 e. The van der Waals surface area contributed by atoms with Crippen molar-refractivity contribution in [3.05, 3.63) is 53.1 Å². The third kappa shape index (κ3) is 5.22. The zero-order valence-corrected chi connectivity index (χ0v) is 17.1. The zero-order valence-electron chi connectivity index (χ0n) is 15.5. The van der Waals surface area contributed by atoms with E-state index in [1.54, 1.807) is 24.3 Å². The molecule has 0 aliphatic carbocycles. The fourth-order valence-electron chi connectivity index (χ4n) is 2.23. The molecule has 0 fully saturated rings. The first kappa shape index (κ1) is 21.7. The molecule has 1 amide bonds. The van der Waals surface area contributed by atoms with Crippen molar-refractivity contribution in [2.45, 2.75) is 4.90 Å². The summed E-state index contributed by atoms with van der Waals surface area (Å²) in [6.07, 6.45) is 1.38. The molecule has 0 aliphatic rings. The van der Waals surface area contributed by atoms with E-state index in [1.807, 2.05) is 0 Å². The summed E-state index contributed by atoms with van der Waals surface area (Å²) in [5.41, 5.74) is 2.90. The molecular formula is C18H20ClN3O5S. The van der Waals surface area contributed by atoms with Crippen molar-refractivity contribution >= 4 is 33.7 Å². The number of nitrogens with zero attached hydrogens (tertiary/aromatic N) is 2. The third-order valence-corrected chi connectivity index (χ3v) is 5.87. The molecule has 0 aromatic heterocycles. The van der Waals surface area contributed by atoms with E-state index in [1.165, 1.54) is 45.7 Å². The standard InChI is InChI=1S/C18H20ClN3O5S/c1-22(12-18(23)21-20-11-13-6-4-5-7-15(13)19)28(24,25)14-8-9-16(26-2)17(10-14)27-3/h4-11H,12H2,1-3H3,(H,21,23)/b20-11-. The van der Waals surface area contributed by atoms with Crippen LogP contribution >= 0.6 is 11.6 Å². The minimum absolute atomic E-state index is 0.0278. The number of amides is 1. The number of likely N-dealkylation sites (N-methyl/N-ethyl adjacent to an activating group) is 1. The molecule has 150 valence electrons. The molecule has 8 nitrogen and oxygen atoms in total. The number of hydrogen-bond acceptors (Lipinski definition) is 6. The number of sulfonamides is 1. The van der Waals surface area contributed by atoms with Gasteiger partial charge in [-0.05, 0) is 18.2 Å². The maximum Gasteiger partial charge on any atom is 0.255 e. The van der Waals surface area contributed by atoms with Gasteiger partial charge >= 0.3 is 0 Å². The Morgan fingerprint density at radius 2 is 1.86 bits per heavy atom. The van der Waals surface area contributed by atoms with Crippen LogP contribution in [0.2, 0.25) is 5.02 Å². The van der Waals surface area contributed by atoms with Gasteiger partial charge in [-0.15, -0.1) is 0 Å². The van der Waals surface area contributed by atoms with Crippen LogP contribution < -0.4 is 14.9 Å². The second kappa shape index (κ2) is 9.54. The van der Waals surface area contributed by atoms with Gasteiger partial charge in [0.2, 0.25) is 10.0 Å². The predicted molar refractivity (Wildman–Crippen MR) is 107 cm³/mol. The molecule has 2 aromatic carbocycles. The van der Waals surface area contributed by atoms with E-state index < -0.39 is 22.5 Å². The highest BCUT2D eigenvalue weighted by atomic mass is 35.5. The maximum atomic E-state index is 12.7. The summed E-state index contributed by atoms with van der Waals surface area (Å²) in [5, 5.41) is 4.27. The van der Waals surface area contributed by atoms with Gasteiger partial charge in [0.1, 0.15) is 0 Å². The molecule has 0 atom stereocenters. The van der Waals surface area contributed by atoms with Crippen LogP contribution in [0, 0.1) is 0 Å². The van der Waals surface area contributed by atoms with Crippen LogP contribution in [-0.2, 0) is 14.8 Å². The number of hydrogen-bond donors (Lipinski definition) is 1. The van der Waals surface area contributed by atoms with Gasteiger partial charge in [-0.2, -0.15) is 9.41 Å². The summed E-state index contributed by atoms with van der Waals surface area (Å²) in [5.74, 6) is 0.0661. The molecule has 0 saturated carbocycles. The van der Waals surface area contributed by atoms with Gasteiger partial charge in [0, 0.05) is 23.7 Å². The van der Waals surface area contributed by atoms with Crippen molar-refractivity contribution in [3.63, 3.8) is 0 Å². The quantitative estimate of drug-likeness (QED) is 0.516. The van der Waals surface area contributed by atoms with Crippen LogP contribution in [0.15, 0.2) is 52.5 Å². The van der Waals surface area contributed by atoms with Gasteiger partial charge in [-0.25, -0.2) is 13.8 Å². The van der Waals surface area contributed by atoms with Gasteiger partial charge in [0.05, 0.1) is 31.9 Å². The van der Waals surface area contributed by atoms with Crippen LogP contribution in [0.25, 0.3) is 0 Å². The van der Waals surface area contributed by atoms with Crippen molar-refractivity contribution in [2.75, 3.05) is 27.8 Å². The first-order valence-corrected chi connectivity index (χ1v) is 9.86. The molecule has 28 heavy (non-hydrogen) atoms. The lowest BCUT2D eigenvalue weighted by atomic mass is 10.2. The van der Waals surface area contributed by atoms with Crippen molar-refractivity contribution in [2.24, 2.45) is 5.10 Å². The van der Waals surface area contributed by atoms with Gasteiger partial charge < -0.3 is 9.47 Å². The molecule has 2 rings (SSSR count). The molecule has 0 radical (unpaired) electrons. The van der Waals surface area contributed by atoms with Crippen LogP contribution in [0.5, 0.6) is 11.5 Å². The molecule has 0 heterocycles. The van der Waals surface area contributed by atoms with Crippen LogP contribution in [0.1, 0.15) is 5.56 Å². The Labute approximate surface area is 168 Å². The number of nitrogens with one attached hydrogen (secondary N) is 1. The maximum absolute atomic E-state index is 12.7. The monoisotopic (exact) mass is 425 g/mol. The van der Waals surface area contributed by atoms with E-state index in [2.05, 4.69) is 10.5 Å². The fourth-order valence-corrected chi connectivity index (χ4v) is 3.56. The molecule has 0 bridgehead atoms. The molecule has 1 N–H and O–H groups in total. The SMILES string of the molecule is COc1ccc(S(=O)(=O)N(C)CC(=O)N/N=C\c2ccccc2Cl)cc1OC. The Morgan fingerprint density at radius 3 is 2.50 bits per heavy atom. The number of benzene rings is 2. The number of ether oxygens (including phenoxy) is 2. The Bertz CT molecular complexity index is 979. The molecule has 2 aromatic rings. The van der Waals surface area contributed by atoms with Crippen molar-refractivity contribution in [1.82, 2.24) is 9.73 Å². The Kier molecular flexibility index (Phi) is 7.38. The average molecular weight is 426 g/mol. The summed E-state index contributed by atoms with van der Waals surface area (Å²) >= 11 is 5.99. The molecule has 0 saturated heterocycles. The van der Waals surface area contributed by atoms with E-state index in [0.29, 0.717) is 16.3 Å². The van der Waals surface area contributed by atoms with E-state index >= 15 is 0 Å². The lowest BCUT2D eigenvalue weighted by Gasteiger charge is -2.17. The summed E-state index contributed by atoms with van der Waals surface area (Å²) in [6, 6.07) is 11.1. The lowest BCUT2D eigenvalue weighted by Crippen LogP contribution is -2.36. The highest BCUT2D eigenvalue weighted by Gasteiger charge is 2.24. The largest absolute Gasteiger partial charge is 0.493 e. The molecule has 0 aliphatic heterocycles.